The molecular formula is C33H51NO6. The summed E-state index contributed by atoms with van der Waals surface area (Å²) in [6.45, 7) is 14.9. The van der Waals surface area contributed by atoms with Crippen molar-refractivity contribution in [1.29, 1.82) is 0 Å². The van der Waals surface area contributed by atoms with Crippen LogP contribution in [0, 0.1) is 50.2 Å². The lowest BCUT2D eigenvalue weighted by atomic mass is 9.33. The van der Waals surface area contributed by atoms with Crippen molar-refractivity contribution in [2.24, 2.45) is 50.2 Å². The van der Waals surface area contributed by atoms with Crippen molar-refractivity contribution in [1.82, 2.24) is 5.32 Å². The second-order valence-corrected chi connectivity index (χ2v) is 16.0. The van der Waals surface area contributed by atoms with Crippen molar-refractivity contribution in [3.05, 3.63) is 11.6 Å². The van der Waals surface area contributed by atoms with Gasteiger partial charge in [0.2, 0.25) is 0 Å². The number of hydrogen-bond donors (Lipinski definition) is 4. The number of carbonyl (C=O) groups is 3. The van der Waals surface area contributed by atoms with Crippen molar-refractivity contribution in [2.75, 3.05) is 6.54 Å². The molecule has 5 rings (SSSR count). The van der Waals surface area contributed by atoms with Crippen molar-refractivity contribution in [3.8, 4) is 0 Å². The summed E-state index contributed by atoms with van der Waals surface area (Å²) in [6.07, 6.45) is 8.39. The molecule has 11 atom stereocenters. The largest absolute Gasteiger partial charge is 0.481 e. The molecule has 0 radical (unpaired) electrons. The summed E-state index contributed by atoms with van der Waals surface area (Å²) in [4.78, 5) is 39.8. The van der Waals surface area contributed by atoms with Gasteiger partial charge in [-0.1, -0.05) is 33.3 Å². The Morgan fingerprint density at radius 1 is 0.950 bits per heavy atom. The lowest BCUT2D eigenvalue weighted by Gasteiger charge is -2.70. The summed E-state index contributed by atoms with van der Waals surface area (Å²) in [5.41, 5.74) is -1.68. The lowest BCUT2D eigenvalue weighted by Crippen LogP contribution is -2.69. The molecule has 0 aromatic rings. The molecule has 4 N–H and O–H groups in total. The third kappa shape index (κ3) is 3.78. The second kappa shape index (κ2) is 9.13. The van der Waals surface area contributed by atoms with E-state index in [0.717, 1.165) is 38.5 Å². The summed E-state index contributed by atoms with van der Waals surface area (Å²) in [5.74, 6) is -1.82. The summed E-state index contributed by atoms with van der Waals surface area (Å²) >= 11 is 0. The molecule has 5 aliphatic carbocycles. The van der Waals surface area contributed by atoms with Crippen LogP contribution in [-0.2, 0) is 14.4 Å². The van der Waals surface area contributed by atoms with E-state index in [9.17, 15) is 29.7 Å². The number of aliphatic hydroxyl groups excluding tert-OH is 1. The molecule has 0 heterocycles. The van der Waals surface area contributed by atoms with Crippen LogP contribution in [0.25, 0.3) is 0 Å². The lowest BCUT2D eigenvalue weighted by molar-refractivity contribution is -0.201. The highest BCUT2D eigenvalue weighted by atomic mass is 16.4. The average Bonchev–Trinajstić information content (AvgIpc) is 2.85. The van der Waals surface area contributed by atoms with Gasteiger partial charge in [-0.3, -0.25) is 14.4 Å². The Hall–Kier alpha value is -1.73. The molecule has 0 bridgehead atoms. The maximum absolute atomic E-state index is 14.5. The Labute approximate surface area is 239 Å². The van der Waals surface area contributed by atoms with Gasteiger partial charge in [0.15, 0.2) is 5.78 Å². The van der Waals surface area contributed by atoms with E-state index >= 15 is 0 Å². The fraction of sp³-hybridized carbons (Fsp3) is 0.848. The number of allylic oxidation sites excluding steroid dienone is 2. The quantitative estimate of drug-likeness (QED) is 0.354. The molecule has 224 valence electrons. The first-order valence-electron chi connectivity index (χ1n) is 15.5. The van der Waals surface area contributed by atoms with Gasteiger partial charge in [-0.2, -0.15) is 0 Å². The first-order chi connectivity index (χ1) is 18.4. The van der Waals surface area contributed by atoms with Gasteiger partial charge < -0.3 is 20.6 Å². The number of nitrogens with one attached hydrogen (secondary N) is 1. The van der Waals surface area contributed by atoms with Gasteiger partial charge in [-0.25, -0.2) is 0 Å². The van der Waals surface area contributed by atoms with Crippen LogP contribution in [0.4, 0.5) is 0 Å². The van der Waals surface area contributed by atoms with Gasteiger partial charge in [0.05, 0.1) is 16.9 Å². The summed E-state index contributed by atoms with van der Waals surface area (Å²) in [6, 6.07) is -0.270. The predicted octanol–water partition coefficient (Wildman–Crippen LogP) is 5.46. The minimum Gasteiger partial charge on any atom is -0.481 e. The van der Waals surface area contributed by atoms with Crippen molar-refractivity contribution in [3.63, 3.8) is 0 Å². The molecule has 7 heteroatoms. The van der Waals surface area contributed by atoms with E-state index in [1.54, 1.807) is 6.92 Å². The van der Waals surface area contributed by atoms with Gasteiger partial charge in [0.1, 0.15) is 0 Å². The molecule has 0 aromatic carbocycles. The highest BCUT2D eigenvalue weighted by Crippen LogP contribution is 2.75. The molecule has 0 aromatic heterocycles. The van der Waals surface area contributed by atoms with E-state index in [1.807, 2.05) is 19.9 Å². The van der Waals surface area contributed by atoms with Crippen LogP contribution in [-0.4, -0.2) is 51.7 Å². The van der Waals surface area contributed by atoms with Gasteiger partial charge in [-0.15, -0.1) is 0 Å². The number of aliphatic carboxylic acids is 2. The van der Waals surface area contributed by atoms with Crippen LogP contribution in [0.1, 0.15) is 106 Å². The SMILES string of the molecule is CC(O)CN[C@H]1CC[C@@]2(C)[C@@H](CC[C@]3(C)[C@@H]2C(=O)C=C2[C@@H]4C[C@@](C)(C(=O)O)CC[C@]4(C)CC[C@]23C)[C@]1(C)C(=O)O. The molecule has 0 amide bonds. The Kier molecular flexibility index (Phi) is 6.79. The fourth-order valence-corrected chi connectivity index (χ4v) is 11.0. The number of carboxylic acids is 2. The van der Waals surface area contributed by atoms with E-state index < -0.39 is 34.3 Å². The Morgan fingerprint density at radius 3 is 2.20 bits per heavy atom. The zero-order valence-corrected chi connectivity index (χ0v) is 25.6. The molecule has 4 saturated carbocycles. The van der Waals surface area contributed by atoms with Gasteiger partial charge in [-0.05, 0) is 118 Å². The van der Waals surface area contributed by atoms with E-state index in [1.165, 1.54) is 5.57 Å². The number of carbonyl (C=O) groups excluding carboxylic acids is 1. The smallest absolute Gasteiger partial charge is 0.311 e. The van der Waals surface area contributed by atoms with Gasteiger partial charge in [0, 0.05) is 18.5 Å². The van der Waals surface area contributed by atoms with Crippen LogP contribution in [0.3, 0.4) is 0 Å². The van der Waals surface area contributed by atoms with Gasteiger partial charge >= 0.3 is 11.9 Å². The Balaban J connectivity index is 1.58. The summed E-state index contributed by atoms with van der Waals surface area (Å²) in [7, 11) is 0. The monoisotopic (exact) mass is 557 g/mol. The Bertz CT molecular complexity index is 1150. The first-order valence-corrected chi connectivity index (χ1v) is 15.5. The second-order valence-electron chi connectivity index (χ2n) is 16.0. The minimum atomic E-state index is -1.05. The maximum atomic E-state index is 14.5. The fourth-order valence-electron chi connectivity index (χ4n) is 11.0. The summed E-state index contributed by atoms with van der Waals surface area (Å²) < 4.78 is 0. The van der Waals surface area contributed by atoms with Crippen LogP contribution in [0.2, 0.25) is 0 Å². The zero-order chi connectivity index (χ0) is 29.7. The third-order valence-corrected chi connectivity index (χ3v) is 13.9. The number of carboxylic acid groups (broad SMARTS) is 2. The van der Waals surface area contributed by atoms with E-state index in [-0.39, 0.29) is 45.8 Å². The topological polar surface area (TPSA) is 124 Å². The van der Waals surface area contributed by atoms with Crippen LogP contribution < -0.4 is 5.32 Å². The maximum Gasteiger partial charge on any atom is 0.311 e. The third-order valence-electron chi connectivity index (χ3n) is 13.9. The average molecular weight is 558 g/mol. The molecule has 0 aliphatic heterocycles. The zero-order valence-electron chi connectivity index (χ0n) is 25.6. The minimum absolute atomic E-state index is 0.000334. The molecular weight excluding hydrogens is 506 g/mol. The Morgan fingerprint density at radius 2 is 1.60 bits per heavy atom. The number of rotatable bonds is 5. The number of aliphatic hydroxyl groups is 1. The molecule has 7 nitrogen and oxygen atoms in total. The molecule has 40 heavy (non-hydrogen) atoms. The molecule has 0 saturated heterocycles. The summed E-state index contributed by atoms with van der Waals surface area (Å²) in [5, 5.41) is 34.0. The molecule has 5 aliphatic rings. The number of fused-ring (bicyclic) bond motifs is 7. The van der Waals surface area contributed by atoms with Crippen molar-refractivity contribution < 1.29 is 29.7 Å². The van der Waals surface area contributed by atoms with E-state index in [4.69, 9.17) is 0 Å². The van der Waals surface area contributed by atoms with Gasteiger partial charge in [0.25, 0.3) is 0 Å². The highest BCUT2D eigenvalue weighted by molar-refractivity contribution is 5.96. The van der Waals surface area contributed by atoms with E-state index in [2.05, 4.69) is 33.0 Å². The molecule has 1 unspecified atom stereocenters. The molecule has 4 fully saturated rings. The van der Waals surface area contributed by atoms with Crippen molar-refractivity contribution >= 4 is 17.7 Å². The number of hydrogen-bond acceptors (Lipinski definition) is 5. The van der Waals surface area contributed by atoms with E-state index in [0.29, 0.717) is 25.8 Å². The van der Waals surface area contributed by atoms with Crippen LogP contribution in [0.5, 0.6) is 0 Å². The predicted molar refractivity (Wildman–Crippen MR) is 152 cm³/mol. The standard InChI is InChI=1S/C33H51NO6/c1-19(35)18-34-24-9-10-30(4)23(33(24,7)27(39)40)8-11-32(6)25(30)22(36)16-20-21-17-29(3,26(37)38)13-12-28(21,2)14-15-31(20,32)5/h16,19,21,23-25,34-35H,8-15,17-18H2,1-7H3,(H,37,38)(H,39,40)/t19?,21-,23+,24-,25+,28+,29-,30-,31+,32+,33-/m0/s1. The van der Waals surface area contributed by atoms with Crippen molar-refractivity contribution in [2.45, 2.75) is 118 Å². The highest BCUT2D eigenvalue weighted by Gasteiger charge is 2.71. The number of ketones is 1. The first kappa shape index (κ1) is 29.8. The molecule has 0 spiro atoms. The van der Waals surface area contributed by atoms with Crippen LogP contribution in [0.15, 0.2) is 11.6 Å². The van der Waals surface area contributed by atoms with Crippen LogP contribution >= 0.6 is 0 Å². The normalized spacial score (nSPS) is 50.9.